The maximum absolute atomic E-state index is 12.7. The fourth-order valence-corrected chi connectivity index (χ4v) is 3.34. The number of pyridine rings is 2. The summed E-state index contributed by atoms with van der Waals surface area (Å²) in [5.74, 6) is 1.95. The van der Waals surface area contributed by atoms with Crippen LogP contribution in [-0.4, -0.2) is 37.0 Å². The van der Waals surface area contributed by atoms with Gasteiger partial charge in [-0.2, -0.15) is 0 Å². The minimum Gasteiger partial charge on any atom is -0.363 e. The molecule has 5 heteroatoms. The molecule has 2 aromatic heterocycles. The summed E-state index contributed by atoms with van der Waals surface area (Å²) in [6, 6.07) is 7.96. The average molecular weight is 338 g/mol. The summed E-state index contributed by atoms with van der Waals surface area (Å²) in [7, 11) is 5.77. The molecule has 5 nitrogen and oxygen atoms in total. The van der Waals surface area contributed by atoms with Crippen molar-refractivity contribution in [1.82, 2.24) is 9.97 Å². The van der Waals surface area contributed by atoms with Crippen LogP contribution in [0.4, 0.5) is 11.6 Å². The van der Waals surface area contributed by atoms with Gasteiger partial charge in [0.15, 0.2) is 0 Å². The summed E-state index contributed by atoms with van der Waals surface area (Å²) < 4.78 is 0. The fraction of sp³-hybridized carbons (Fsp3) is 0.450. The van der Waals surface area contributed by atoms with Gasteiger partial charge in [-0.1, -0.05) is 19.3 Å². The molecule has 0 aliphatic heterocycles. The average Bonchev–Trinajstić information content (AvgIpc) is 2.67. The van der Waals surface area contributed by atoms with Crippen LogP contribution in [0.2, 0.25) is 0 Å². The van der Waals surface area contributed by atoms with Gasteiger partial charge in [0, 0.05) is 45.0 Å². The molecule has 0 saturated heterocycles. The highest BCUT2D eigenvalue weighted by Gasteiger charge is 2.25. The molecule has 0 unspecified atom stereocenters. The lowest BCUT2D eigenvalue weighted by Gasteiger charge is -2.26. The van der Waals surface area contributed by atoms with E-state index >= 15 is 0 Å². The Hall–Kier alpha value is -2.43. The Morgan fingerprint density at radius 3 is 2.36 bits per heavy atom. The summed E-state index contributed by atoms with van der Waals surface area (Å²) in [6.07, 6.45) is 9.17. The van der Waals surface area contributed by atoms with Crippen LogP contribution in [-0.2, 0) is 4.79 Å². The molecule has 0 N–H and O–H groups in total. The number of nitrogens with zero attached hydrogens (tertiary/aromatic N) is 4. The van der Waals surface area contributed by atoms with Crippen LogP contribution in [0.3, 0.4) is 0 Å². The zero-order valence-corrected chi connectivity index (χ0v) is 15.3. The van der Waals surface area contributed by atoms with E-state index in [1.165, 1.54) is 6.42 Å². The van der Waals surface area contributed by atoms with E-state index in [-0.39, 0.29) is 11.8 Å². The molecule has 25 heavy (non-hydrogen) atoms. The number of aromatic nitrogens is 2. The molecule has 0 atom stereocenters. The Bertz CT molecular complexity index is 721. The molecule has 0 radical (unpaired) electrons. The standard InChI is InChI=1S/C20H26N4O/c1-23(2)18-10-9-17(14-22-18)16-11-12-21-19(13-16)24(3)20(25)15-7-5-4-6-8-15/h9-15H,4-8H2,1-3H3. The molecular weight excluding hydrogens is 312 g/mol. The summed E-state index contributed by atoms with van der Waals surface area (Å²) in [5.41, 5.74) is 2.04. The van der Waals surface area contributed by atoms with Gasteiger partial charge in [0.25, 0.3) is 0 Å². The van der Waals surface area contributed by atoms with Gasteiger partial charge in [0.2, 0.25) is 5.91 Å². The smallest absolute Gasteiger partial charge is 0.230 e. The number of hydrogen-bond acceptors (Lipinski definition) is 4. The summed E-state index contributed by atoms with van der Waals surface area (Å²) >= 11 is 0. The molecule has 0 spiro atoms. The zero-order chi connectivity index (χ0) is 17.8. The Balaban J connectivity index is 1.79. The molecule has 132 valence electrons. The lowest BCUT2D eigenvalue weighted by atomic mass is 9.88. The number of carbonyl (C=O) groups is 1. The molecule has 1 saturated carbocycles. The quantitative estimate of drug-likeness (QED) is 0.852. The van der Waals surface area contributed by atoms with E-state index in [4.69, 9.17) is 0 Å². The first-order chi connectivity index (χ1) is 12.1. The first-order valence-corrected chi connectivity index (χ1v) is 8.93. The van der Waals surface area contributed by atoms with Crippen LogP contribution in [0.1, 0.15) is 32.1 Å². The van der Waals surface area contributed by atoms with Crippen LogP contribution in [0.5, 0.6) is 0 Å². The van der Waals surface area contributed by atoms with Crippen molar-refractivity contribution in [3.8, 4) is 11.1 Å². The second kappa shape index (κ2) is 7.64. The van der Waals surface area contributed by atoms with Crippen molar-refractivity contribution in [2.24, 2.45) is 5.92 Å². The van der Waals surface area contributed by atoms with Crippen molar-refractivity contribution < 1.29 is 4.79 Å². The van der Waals surface area contributed by atoms with E-state index < -0.39 is 0 Å². The first-order valence-electron chi connectivity index (χ1n) is 8.93. The third kappa shape index (κ3) is 3.98. The largest absolute Gasteiger partial charge is 0.363 e. The first kappa shape index (κ1) is 17.4. The van der Waals surface area contributed by atoms with Gasteiger partial charge in [0.05, 0.1) is 0 Å². The number of amides is 1. The van der Waals surface area contributed by atoms with E-state index in [9.17, 15) is 4.79 Å². The van der Waals surface area contributed by atoms with Crippen LogP contribution in [0, 0.1) is 5.92 Å². The molecule has 0 bridgehead atoms. The Labute approximate surface area is 149 Å². The molecular formula is C20H26N4O. The third-order valence-electron chi connectivity index (χ3n) is 4.91. The van der Waals surface area contributed by atoms with Crippen molar-refractivity contribution in [3.05, 3.63) is 36.7 Å². The van der Waals surface area contributed by atoms with E-state index in [0.29, 0.717) is 5.82 Å². The summed E-state index contributed by atoms with van der Waals surface area (Å²) in [6.45, 7) is 0. The van der Waals surface area contributed by atoms with Crippen LogP contribution in [0.15, 0.2) is 36.7 Å². The summed E-state index contributed by atoms with van der Waals surface area (Å²) in [4.78, 5) is 25.3. The van der Waals surface area contributed by atoms with E-state index in [1.54, 1.807) is 11.1 Å². The van der Waals surface area contributed by atoms with Crippen LogP contribution < -0.4 is 9.80 Å². The molecule has 1 aliphatic rings. The van der Waals surface area contributed by atoms with Crippen molar-refractivity contribution in [2.45, 2.75) is 32.1 Å². The van der Waals surface area contributed by atoms with Gasteiger partial charge >= 0.3 is 0 Å². The van der Waals surface area contributed by atoms with Crippen molar-refractivity contribution in [2.75, 3.05) is 30.9 Å². The maximum atomic E-state index is 12.7. The Morgan fingerprint density at radius 1 is 0.960 bits per heavy atom. The zero-order valence-electron chi connectivity index (χ0n) is 15.3. The number of rotatable bonds is 4. The lowest BCUT2D eigenvalue weighted by molar-refractivity contribution is -0.123. The Kier molecular flexibility index (Phi) is 5.31. The third-order valence-corrected chi connectivity index (χ3v) is 4.91. The Morgan fingerprint density at radius 2 is 1.72 bits per heavy atom. The van der Waals surface area contributed by atoms with Gasteiger partial charge in [-0.05, 0) is 42.7 Å². The second-order valence-corrected chi connectivity index (χ2v) is 6.93. The van der Waals surface area contributed by atoms with Crippen LogP contribution in [0.25, 0.3) is 11.1 Å². The fourth-order valence-electron chi connectivity index (χ4n) is 3.34. The number of anilines is 2. The highest BCUT2D eigenvalue weighted by molar-refractivity contribution is 5.94. The summed E-state index contributed by atoms with van der Waals surface area (Å²) in [5, 5.41) is 0. The lowest BCUT2D eigenvalue weighted by Crippen LogP contribution is -2.34. The monoisotopic (exact) mass is 338 g/mol. The van der Waals surface area contributed by atoms with Gasteiger partial charge in [-0.3, -0.25) is 9.69 Å². The minimum atomic E-state index is 0.144. The number of carbonyl (C=O) groups excluding carboxylic acids is 1. The predicted molar refractivity (Wildman–Crippen MR) is 102 cm³/mol. The SMILES string of the molecule is CN(C)c1ccc(-c2ccnc(N(C)C(=O)C3CCCCC3)c2)cn1. The van der Waals surface area contributed by atoms with Gasteiger partial charge in [-0.15, -0.1) is 0 Å². The molecule has 1 amide bonds. The van der Waals surface area contributed by atoms with Gasteiger partial charge in [-0.25, -0.2) is 9.97 Å². The number of hydrogen-bond donors (Lipinski definition) is 0. The predicted octanol–water partition coefficient (Wildman–Crippen LogP) is 3.75. The second-order valence-electron chi connectivity index (χ2n) is 6.93. The molecule has 1 aliphatic carbocycles. The van der Waals surface area contributed by atoms with Crippen LogP contribution >= 0.6 is 0 Å². The van der Waals surface area contributed by atoms with E-state index in [0.717, 1.165) is 42.6 Å². The normalized spacial score (nSPS) is 15.0. The van der Waals surface area contributed by atoms with Crippen molar-refractivity contribution in [1.29, 1.82) is 0 Å². The molecule has 2 heterocycles. The van der Waals surface area contributed by atoms with Crippen molar-refractivity contribution >= 4 is 17.5 Å². The highest BCUT2D eigenvalue weighted by Crippen LogP contribution is 2.28. The molecule has 1 fully saturated rings. The maximum Gasteiger partial charge on any atom is 0.230 e. The molecule has 0 aromatic carbocycles. The molecule has 3 rings (SSSR count). The highest BCUT2D eigenvalue weighted by atomic mass is 16.2. The van der Waals surface area contributed by atoms with E-state index in [1.807, 2.05) is 56.5 Å². The van der Waals surface area contributed by atoms with Crippen molar-refractivity contribution in [3.63, 3.8) is 0 Å². The van der Waals surface area contributed by atoms with Gasteiger partial charge < -0.3 is 4.90 Å². The van der Waals surface area contributed by atoms with E-state index in [2.05, 4.69) is 9.97 Å². The minimum absolute atomic E-state index is 0.144. The van der Waals surface area contributed by atoms with Gasteiger partial charge in [0.1, 0.15) is 11.6 Å². The molecule has 2 aromatic rings. The topological polar surface area (TPSA) is 49.3 Å².